The Balaban J connectivity index is 2.42. The molecule has 0 bridgehead atoms. The molecule has 1 aromatic rings. The van der Waals surface area contributed by atoms with Crippen LogP contribution < -0.4 is 16.0 Å². The molecule has 0 saturated carbocycles. The molecule has 0 unspecified atom stereocenters. The van der Waals surface area contributed by atoms with Crippen LogP contribution in [0.25, 0.3) is 0 Å². The van der Waals surface area contributed by atoms with Crippen LogP contribution >= 0.6 is 12.2 Å². The predicted molar refractivity (Wildman–Crippen MR) is 96.4 cm³/mol. The summed E-state index contributed by atoms with van der Waals surface area (Å²) in [5, 5.41) is 19.7. The average molecular weight is 408 g/mol. The summed E-state index contributed by atoms with van der Waals surface area (Å²) in [7, 11) is 1.30. The SMILES string of the molecule is COC(=O)CCCNC(=S)NCCNc1ccc(C(F)(F)F)cc1[N+](=O)[O-]. The lowest BCUT2D eigenvalue weighted by Gasteiger charge is -2.12. The molecule has 0 heterocycles. The second kappa shape index (κ2) is 10.5. The number of ether oxygens (including phenoxy) is 1. The first-order valence-corrected chi connectivity index (χ1v) is 8.24. The summed E-state index contributed by atoms with van der Waals surface area (Å²) < 4.78 is 42.4. The van der Waals surface area contributed by atoms with Gasteiger partial charge in [-0.25, -0.2) is 0 Å². The molecule has 3 N–H and O–H groups in total. The van der Waals surface area contributed by atoms with Gasteiger partial charge in [-0.3, -0.25) is 14.9 Å². The normalized spacial score (nSPS) is 10.8. The highest BCUT2D eigenvalue weighted by Gasteiger charge is 2.32. The van der Waals surface area contributed by atoms with Crippen molar-refractivity contribution in [3.8, 4) is 0 Å². The van der Waals surface area contributed by atoms with Crippen LogP contribution in [0.15, 0.2) is 18.2 Å². The molecule has 8 nitrogen and oxygen atoms in total. The Morgan fingerprint density at radius 2 is 1.93 bits per heavy atom. The molecule has 0 amide bonds. The van der Waals surface area contributed by atoms with Gasteiger partial charge in [-0.2, -0.15) is 13.2 Å². The van der Waals surface area contributed by atoms with Gasteiger partial charge < -0.3 is 20.7 Å². The number of benzene rings is 1. The Morgan fingerprint density at radius 3 is 2.52 bits per heavy atom. The third-order valence-electron chi connectivity index (χ3n) is 3.32. The van der Waals surface area contributed by atoms with Gasteiger partial charge in [0.05, 0.1) is 17.6 Å². The van der Waals surface area contributed by atoms with E-state index in [1.54, 1.807) is 0 Å². The highest BCUT2D eigenvalue weighted by Crippen LogP contribution is 2.34. The number of nitrogens with zero attached hydrogens (tertiary/aromatic N) is 1. The van der Waals surface area contributed by atoms with Gasteiger partial charge in [0.2, 0.25) is 0 Å². The largest absolute Gasteiger partial charge is 0.469 e. The van der Waals surface area contributed by atoms with E-state index in [9.17, 15) is 28.1 Å². The third kappa shape index (κ3) is 8.07. The number of halogens is 3. The summed E-state index contributed by atoms with van der Waals surface area (Å²) in [6.07, 6.45) is -3.87. The monoisotopic (exact) mass is 408 g/mol. The lowest BCUT2D eigenvalue weighted by atomic mass is 10.1. The zero-order valence-corrected chi connectivity index (χ0v) is 15.2. The van der Waals surface area contributed by atoms with Crippen LogP contribution in [-0.4, -0.2) is 42.7 Å². The van der Waals surface area contributed by atoms with Crippen molar-refractivity contribution in [1.82, 2.24) is 10.6 Å². The lowest BCUT2D eigenvalue weighted by Crippen LogP contribution is -2.38. The quantitative estimate of drug-likeness (QED) is 0.188. The Kier molecular flexibility index (Phi) is 8.72. The van der Waals surface area contributed by atoms with Gasteiger partial charge >= 0.3 is 12.1 Å². The number of rotatable bonds is 9. The van der Waals surface area contributed by atoms with Crippen LogP contribution in [0.4, 0.5) is 24.5 Å². The zero-order valence-electron chi connectivity index (χ0n) is 14.4. The van der Waals surface area contributed by atoms with Gasteiger partial charge in [0, 0.05) is 32.1 Å². The highest BCUT2D eigenvalue weighted by atomic mass is 32.1. The molecule has 0 fully saturated rings. The molecule has 0 radical (unpaired) electrons. The summed E-state index contributed by atoms with van der Waals surface area (Å²) >= 11 is 5.02. The molecule has 0 aliphatic rings. The minimum absolute atomic E-state index is 0.0215. The van der Waals surface area contributed by atoms with E-state index in [0.29, 0.717) is 24.1 Å². The maximum absolute atomic E-state index is 12.7. The Morgan fingerprint density at radius 1 is 1.26 bits per heavy atom. The maximum atomic E-state index is 12.7. The van der Waals surface area contributed by atoms with Gasteiger partial charge in [0.15, 0.2) is 5.11 Å². The molecule has 0 aliphatic heterocycles. The van der Waals surface area contributed by atoms with Crippen molar-refractivity contribution in [2.75, 3.05) is 32.1 Å². The van der Waals surface area contributed by atoms with Crippen LogP contribution in [0.5, 0.6) is 0 Å². The number of methoxy groups -OCH3 is 1. The molecule has 0 aromatic heterocycles. The molecule has 12 heteroatoms. The first-order valence-electron chi connectivity index (χ1n) is 7.83. The average Bonchev–Trinajstić information content (AvgIpc) is 2.61. The van der Waals surface area contributed by atoms with Crippen LogP contribution in [-0.2, 0) is 15.7 Å². The third-order valence-corrected chi connectivity index (χ3v) is 3.61. The molecule has 0 aliphatic carbocycles. The maximum Gasteiger partial charge on any atom is 0.416 e. The number of carbonyl (C=O) groups is 1. The van der Waals surface area contributed by atoms with Gasteiger partial charge in [0.1, 0.15) is 5.69 Å². The standard InChI is InChI=1S/C15H19F3N4O4S/c1-26-13(23)3-2-6-20-14(27)21-8-7-19-11-5-4-10(15(16,17)18)9-12(11)22(24)25/h4-5,9,19H,2-3,6-8H2,1H3,(H2,20,21,27). The highest BCUT2D eigenvalue weighted by molar-refractivity contribution is 7.80. The van der Waals surface area contributed by atoms with E-state index in [4.69, 9.17) is 12.2 Å². The van der Waals surface area contributed by atoms with Crippen molar-refractivity contribution >= 4 is 34.7 Å². The first kappa shape index (κ1) is 22.4. The van der Waals surface area contributed by atoms with Crippen molar-refractivity contribution in [2.45, 2.75) is 19.0 Å². The first-order chi connectivity index (χ1) is 12.6. The fourth-order valence-corrected chi connectivity index (χ4v) is 2.19. The van der Waals surface area contributed by atoms with Gasteiger partial charge in [-0.1, -0.05) is 0 Å². The van der Waals surface area contributed by atoms with Crippen LogP contribution in [0.3, 0.4) is 0 Å². The zero-order chi connectivity index (χ0) is 20.4. The molecule has 1 aromatic carbocycles. The van der Waals surface area contributed by atoms with Gasteiger partial charge in [-0.05, 0) is 30.8 Å². The molecule has 150 valence electrons. The van der Waals surface area contributed by atoms with Crippen molar-refractivity contribution in [2.24, 2.45) is 0 Å². The number of nitro groups is 1. The van der Waals surface area contributed by atoms with Crippen molar-refractivity contribution < 1.29 is 27.6 Å². The van der Waals surface area contributed by atoms with E-state index in [0.717, 1.165) is 12.1 Å². The van der Waals surface area contributed by atoms with E-state index >= 15 is 0 Å². The molecule has 0 spiro atoms. The number of carbonyl (C=O) groups excluding carboxylic acids is 1. The Labute approximate surface area is 158 Å². The Bertz CT molecular complexity index is 686. The number of nitrogens with one attached hydrogen (secondary N) is 3. The smallest absolute Gasteiger partial charge is 0.416 e. The molecule has 1 rings (SSSR count). The number of hydrogen-bond donors (Lipinski definition) is 3. The minimum Gasteiger partial charge on any atom is -0.469 e. The van der Waals surface area contributed by atoms with E-state index < -0.39 is 22.4 Å². The summed E-state index contributed by atoms with van der Waals surface area (Å²) in [5.41, 5.74) is -1.77. The predicted octanol–water partition coefficient (Wildman–Crippen LogP) is 2.44. The fraction of sp³-hybridized carbons (Fsp3) is 0.467. The second-order valence-corrected chi connectivity index (χ2v) is 5.68. The molecular formula is C15H19F3N4O4S. The summed E-state index contributed by atoms with van der Waals surface area (Å²) in [4.78, 5) is 21.0. The number of anilines is 1. The number of hydrogen-bond acceptors (Lipinski definition) is 6. The molecule has 0 saturated heterocycles. The second-order valence-electron chi connectivity index (χ2n) is 5.28. The summed E-state index contributed by atoms with van der Waals surface area (Å²) in [5.74, 6) is -0.321. The fourth-order valence-electron chi connectivity index (χ4n) is 1.98. The molecular weight excluding hydrogens is 389 g/mol. The van der Waals surface area contributed by atoms with Gasteiger partial charge in [0.25, 0.3) is 5.69 Å². The van der Waals surface area contributed by atoms with Crippen LogP contribution in [0.2, 0.25) is 0 Å². The van der Waals surface area contributed by atoms with Crippen molar-refractivity contribution in [3.05, 3.63) is 33.9 Å². The van der Waals surface area contributed by atoms with E-state index in [-0.39, 0.29) is 31.2 Å². The summed E-state index contributed by atoms with van der Waals surface area (Å²) in [6.45, 7) is 0.927. The van der Waals surface area contributed by atoms with E-state index in [2.05, 4.69) is 20.7 Å². The number of alkyl halides is 3. The minimum atomic E-state index is -4.66. The Hall–Kier alpha value is -2.63. The topological polar surface area (TPSA) is 106 Å². The lowest BCUT2D eigenvalue weighted by molar-refractivity contribution is -0.384. The van der Waals surface area contributed by atoms with Crippen LogP contribution in [0.1, 0.15) is 18.4 Å². The molecule has 27 heavy (non-hydrogen) atoms. The van der Waals surface area contributed by atoms with Crippen molar-refractivity contribution in [1.29, 1.82) is 0 Å². The van der Waals surface area contributed by atoms with Crippen LogP contribution in [0, 0.1) is 10.1 Å². The number of thiocarbonyl (C=S) groups is 1. The molecule has 0 atom stereocenters. The number of esters is 1. The summed E-state index contributed by atoms with van der Waals surface area (Å²) in [6, 6.07) is 2.28. The van der Waals surface area contributed by atoms with E-state index in [1.165, 1.54) is 7.11 Å². The van der Waals surface area contributed by atoms with Gasteiger partial charge in [-0.15, -0.1) is 0 Å². The van der Waals surface area contributed by atoms with Crippen molar-refractivity contribution in [3.63, 3.8) is 0 Å². The van der Waals surface area contributed by atoms with E-state index in [1.807, 2.05) is 0 Å². The number of nitro benzene ring substituents is 1.